The Hall–Kier alpha value is -1.77. The molecule has 128 valence electrons. The third-order valence-electron chi connectivity index (χ3n) is 3.98. The zero-order chi connectivity index (χ0) is 17.4. The molecule has 0 saturated carbocycles. The number of nitrogens with zero attached hydrogens (tertiary/aromatic N) is 1. The van der Waals surface area contributed by atoms with Gasteiger partial charge >= 0.3 is 0 Å². The lowest BCUT2D eigenvalue weighted by Crippen LogP contribution is -2.24. The molecule has 0 fully saturated rings. The molecule has 3 heteroatoms. The van der Waals surface area contributed by atoms with E-state index in [-0.39, 0.29) is 0 Å². The summed E-state index contributed by atoms with van der Waals surface area (Å²) in [6, 6.07) is 16.0. The highest BCUT2D eigenvalue weighted by atomic mass is 35.5. The first kappa shape index (κ1) is 18.6. The van der Waals surface area contributed by atoms with Gasteiger partial charge in [0.15, 0.2) is 0 Å². The Labute approximate surface area is 150 Å². The van der Waals surface area contributed by atoms with Crippen LogP contribution in [0.5, 0.6) is 5.75 Å². The van der Waals surface area contributed by atoms with E-state index >= 15 is 0 Å². The summed E-state index contributed by atoms with van der Waals surface area (Å²) in [4.78, 5) is 2.41. The highest BCUT2D eigenvalue weighted by Gasteiger charge is 2.01. The van der Waals surface area contributed by atoms with Crippen molar-refractivity contribution >= 4 is 17.7 Å². The average molecular weight is 344 g/mol. The van der Waals surface area contributed by atoms with Gasteiger partial charge < -0.3 is 4.74 Å². The molecule has 2 aromatic carbocycles. The van der Waals surface area contributed by atoms with Gasteiger partial charge in [-0.3, -0.25) is 4.90 Å². The smallest absolute Gasteiger partial charge is 0.119 e. The number of ether oxygens (including phenoxy) is 1. The molecule has 0 aliphatic carbocycles. The molecule has 0 bridgehead atoms. The van der Waals surface area contributed by atoms with E-state index in [0.717, 1.165) is 36.0 Å². The van der Waals surface area contributed by atoms with Crippen molar-refractivity contribution in [2.45, 2.75) is 27.4 Å². The van der Waals surface area contributed by atoms with Crippen LogP contribution in [0.2, 0.25) is 5.02 Å². The van der Waals surface area contributed by atoms with Crippen LogP contribution in [-0.2, 0) is 6.61 Å². The highest BCUT2D eigenvalue weighted by molar-refractivity contribution is 6.30. The normalized spacial score (nSPS) is 11.8. The van der Waals surface area contributed by atoms with Gasteiger partial charge in [0.2, 0.25) is 0 Å². The van der Waals surface area contributed by atoms with Crippen LogP contribution in [0, 0.1) is 0 Å². The summed E-state index contributed by atoms with van der Waals surface area (Å²) < 4.78 is 5.82. The molecule has 0 radical (unpaired) electrons. The summed E-state index contributed by atoms with van der Waals surface area (Å²) in [5.41, 5.74) is 3.69. The number of benzene rings is 2. The van der Waals surface area contributed by atoms with Crippen LogP contribution in [0.1, 0.15) is 31.9 Å². The maximum atomic E-state index is 5.89. The first-order valence-electron chi connectivity index (χ1n) is 8.47. The maximum Gasteiger partial charge on any atom is 0.119 e. The van der Waals surface area contributed by atoms with E-state index < -0.39 is 0 Å². The molecule has 0 unspecified atom stereocenters. The molecule has 0 atom stereocenters. The Balaban J connectivity index is 1.91. The van der Waals surface area contributed by atoms with Gasteiger partial charge in [-0.05, 0) is 55.4 Å². The molecule has 24 heavy (non-hydrogen) atoms. The third kappa shape index (κ3) is 6.03. The van der Waals surface area contributed by atoms with Crippen LogP contribution in [-0.4, -0.2) is 24.5 Å². The number of likely N-dealkylation sites (N-methyl/N-ethyl adjacent to an activating group) is 1. The quantitative estimate of drug-likeness (QED) is 0.612. The predicted octanol–water partition coefficient (Wildman–Crippen LogP) is 5.66. The van der Waals surface area contributed by atoms with E-state index in [1.807, 2.05) is 36.4 Å². The molecule has 0 saturated heterocycles. The topological polar surface area (TPSA) is 12.5 Å². The van der Waals surface area contributed by atoms with Gasteiger partial charge in [0.1, 0.15) is 12.4 Å². The van der Waals surface area contributed by atoms with Crippen LogP contribution in [0.4, 0.5) is 0 Å². The maximum absolute atomic E-state index is 5.89. The first-order valence-corrected chi connectivity index (χ1v) is 8.85. The Bertz CT molecular complexity index is 643. The molecule has 2 rings (SSSR count). The minimum atomic E-state index is 0.549. The van der Waals surface area contributed by atoms with Crippen molar-refractivity contribution in [3.05, 3.63) is 70.3 Å². The highest BCUT2D eigenvalue weighted by Crippen LogP contribution is 2.17. The molecular formula is C21H26ClNO. The van der Waals surface area contributed by atoms with Crippen LogP contribution in [0.25, 0.3) is 6.08 Å². The van der Waals surface area contributed by atoms with Crippen LogP contribution in [0.3, 0.4) is 0 Å². The summed E-state index contributed by atoms with van der Waals surface area (Å²) >= 11 is 5.89. The number of rotatable bonds is 8. The molecule has 0 spiro atoms. The lowest BCUT2D eigenvalue weighted by atomic mass is 10.1. The Morgan fingerprint density at radius 1 is 1.00 bits per heavy atom. The van der Waals surface area contributed by atoms with Crippen molar-refractivity contribution in [2.24, 2.45) is 0 Å². The lowest BCUT2D eigenvalue weighted by Gasteiger charge is -2.18. The Kier molecular flexibility index (Phi) is 7.36. The van der Waals surface area contributed by atoms with Crippen LogP contribution in [0.15, 0.2) is 54.1 Å². The van der Waals surface area contributed by atoms with Crippen molar-refractivity contribution in [2.75, 3.05) is 19.6 Å². The minimum Gasteiger partial charge on any atom is -0.489 e. The van der Waals surface area contributed by atoms with E-state index in [4.69, 9.17) is 16.3 Å². The molecule has 0 aliphatic rings. The van der Waals surface area contributed by atoms with E-state index in [1.54, 1.807) is 0 Å². The molecule has 0 aromatic heterocycles. The third-order valence-corrected chi connectivity index (χ3v) is 4.23. The largest absolute Gasteiger partial charge is 0.489 e. The fourth-order valence-corrected chi connectivity index (χ4v) is 2.66. The van der Waals surface area contributed by atoms with Gasteiger partial charge in [-0.15, -0.1) is 0 Å². The second-order valence-electron chi connectivity index (χ2n) is 5.94. The van der Waals surface area contributed by atoms with E-state index in [9.17, 15) is 0 Å². The van der Waals surface area contributed by atoms with Crippen molar-refractivity contribution in [3.63, 3.8) is 0 Å². The number of halogens is 1. The minimum absolute atomic E-state index is 0.549. The summed E-state index contributed by atoms with van der Waals surface area (Å²) in [6.07, 6.45) is 2.24. The van der Waals surface area contributed by atoms with Crippen LogP contribution < -0.4 is 4.74 Å². The fourth-order valence-electron chi connectivity index (χ4n) is 2.54. The standard InChI is InChI=1S/C21H26ClNO/c1-4-23(5-2)15-17(3)14-18-8-12-21(13-9-18)24-16-19-6-10-20(22)11-7-19/h6-14H,4-5,15-16H2,1-3H3. The molecule has 0 amide bonds. The molecule has 2 nitrogen and oxygen atoms in total. The number of hydrogen-bond donors (Lipinski definition) is 0. The average Bonchev–Trinajstić information content (AvgIpc) is 2.60. The van der Waals surface area contributed by atoms with Gasteiger partial charge in [-0.2, -0.15) is 0 Å². The van der Waals surface area contributed by atoms with Crippen molar-refractivity contribution in [1.82, 2.24) is 4.90 Å². The molecule has 0 aliphatic heterocycles. The van der Waals surface area contributed by atoms with Gasteiger partial charge in [0.25, 0.3) is 0 Å². The predicted molar refractivity (Wildman–Crippen MR) is 104 cm³/mol. The molecule has 2 aromatic rings. The van der Waals surface area contributed by atoms with Crippen LogP contribution >= 0.6 is 11.6 Å². The van der Waals surface area contributed by atoms with Gasteiger partial charge in [-0.1, -0.05) is 61.4 Å². The first-order chi connectivity index (χ1) is 11.6. The molecule has 0 N–H and O–H groups in total. The summed E-state index contributed by atoms with van der Waals surface area (Å²) in [5.74, 6) is 0.878. The van der Waals surface area contributed by atoms with Crippen molar-refractivity contribution in [1.29, 1.82) is 0 Å². The molecule has 0 heterocycles. The zero-order valence-corrected chi connectivity index (χ0v) is 15.5. The SMILES string of the molecule is CCN(CC)CC(C)=Cc1ccc(OCc2ccc(Cl)cc2)cc1. The van der Waals surface area contributed by atoms with E-state index in [1.165, 1.54) is 11.1 Å². The zero-order valence-electron chi connectivity index (χ0n) is 14.8. The molecular weight excluding hydrogens is 318 g/mol. The summed E-state index contributed by atoms with van der Waals surface area (Å²) in [5, 5.41) is 0.745. The second kappa shape index (κ2) is 9.51. The van der Waals surface area contributed by atoms with E-state index in [0.29, 0.717) is 6.61 Å². The number of hydrogen-bond acceptors (Lipinski definition) is 2. The monoisotopic (exact) mass is 343 g/mol. The second-order valence-corrected chi connectivity index (χ2v) is 6.37. The lowest BCUT2D eigenvalue weighted by molar-refractivity contribution is 0.306. The van der Waals surface area contributed by atoms with Crippen molar-refractivity contribution in [3.8, 4) is 5.75 Å². The van der Waals surface area contributed by atoms with E-state index in [2.05, 4.69) is 43.9 Å². The fraction of sp³-hybridized carbons (Fsp3) is 0.333. The summed E-state index contributed by atoms with van der Waals surface area (Å²) in [6.45, 7) is 10.3. The van der Waals surface area contributed by atoms with Gasteiger partial charge in [-0.25, -0.2) is 0 Å². The Morgan fingerprint density at radius 3 is 2.21 bits per heavy atom. The van der Waals surface area contributed by atoms with Gasteiger partial charge in [0.05, 0.1) is 0 Å². The Morgan fingerprint density at radius 2 is 1.62 bits per heavy atom. The van der Waals surface area contributed by atoms with Gasteiger partial charge in [0, 0.05) is 11.6 Å². The summed E-state index contributed by atoms with van der Waals surface area (Å²) in [7, 11) is 0. The van der Waals surface area contributed by atoms with Crippen molar-refractivity contribution < 1.29 is 4.74 Å².